The lowest BCUT2D eigenvalue weighted by atomic mass is 9.89. The van der Waals surface area contributed by atoms with E-state index in [2.05, 4.69) is 69.3 Å². The number of hydrogen-bond acceptors (Lipinski definition) is 3. The molecule has 1 N–H and O–H groups in total. The molecule has 42 heavy (non-hydrogen) atoms. The first kappa shape index (κ1) is 32.9. The fourth-order valence-corrected chi connectivity index (χ4v) is 4.65. The van der Waals surface area contributed by atoms with Gasteiger partial charge in [-0.05, 0) is 52.8 Å². The van der Waals surface area contributed by atoms with E-state index in [4.69, 9.17) is 9.47 Å². The van der Waals surface area contributed by atoms with Gasteiger partial charge in [0.2, 0.25) is 0 Å². The van der Waals surface area contributed by atoms with Crippen LogP contribution in [0.4, 0.5) is 0 Å². The Kier molecular flexibility index (Phi) is 14.1. The number of carboxylic acids is 1. The van der Waals surface area contributed by atoms with Crippen LogP contribution in [0.1, 0.15) is 77.7 Å². The molecule has 0 spiro atoms. The van der Waals surface area contributed by atoms with Crippen molar-refractivity contribution in [2.45, 2.75) is 77.7 Å². The van der Waals surface area contributed by atoms with Crippen molar-refractivity contribution in [3.05, 3.63) is 109 Å². The molecule has 224 valence electrons. The predicted molar refractivity (Wildman–Crippen MR) is 175 cm³/mol. The third kappa shape index (κ3) is 10.6. The van der Waals surface area contributed by atoms with E-state index in [1.165, 1.54) is 43.2 Å². The SMILES string of the molecule is CCC(C)COC1(C(=O)O)C=CC(c2ccccc2)=CC1.CCCCCCCCOc1ccc(-c2ccccc2)cc1. The Labute approximate surface area is 253 Å². The number of ether oxygens (including phenoxy) is 2. The number of benzene rings is 3. The lowest BCUT2D eigenvalue weighted by Crippen LogP contribution is -2.41. The third-order valence-electron chi connectivity index (χ3n) is 7.68. The molecule has 2 unspecified atom stereocenters. The average molecular weight is 569 g/mol. The summed E-state index contributed by atoms with van der Waals surface area (Å²) < 4.78 is 11.5. The van der Waals surface area contributed by atoms with Gasteiger partial charge in [0.1, 0.15) is 5.75 Å². The first-order chi connectivity index (χ1) is 20.5. The van der Waals surface area contributed by atoms with E-state index < -0.39 is 11.6 Å². The summed E-state index contributed by atoms with van der Waals surface area (Å²) in [5.41, 5.74) is 3.40. The topological polar surface area (TPSA) is 55.8 Å². The summed E-state index contributed by atoms with van der Waals surface area (Å²) in [6, 6.07) is 28.8. The van der Waals surface area contributed by atoms with Gasteiger partial charge < -0.3 is 14.6 Å². The zero-order valence-corrected chi connectivity index (χ0v) is 25.6. The third-order valence-corrected chi connectivity index (χ3v) is 7.68. The smallest absolute Gasteiger partial charge is 0.340 e. The molecular formula is C38H48O4. The van der Waals surface area contributed by atoms with Gasteiger partial charge in [-0.1, -0.05) is 144 Å². The van der Waals surface area contributed by atoms with Crippen LogP contribution in [0.5, 0.6) is 5.75 Å². The summed E-state index contributed by atoms with van der Waals surface area (Å²) in [6.45, 7) is 7.68. The van der Waals surface area contributed by atoms with Crippen molar-refractivity contribution in [2.24, 2.45) is 5.92 Å². The Morgan fingerprint density at radius 3 is 1.98 bits per heavy atom. The molecule has 0 radical (unpaired) electrons. The zero-order chi connectivity index (χ0) is 30.0. The van der Waals surface area contributed by atoms with Gasteiger partial charge in [-0.25, -0.2) is 4.79 Å². The van der Waals surface area contributed by atoms with E-state index in [0.717, 1.165) is 36.3 Å². The number of allylic oxidation sites excluding steroid dienone is 2. The molecule has 2 atom stereocenters. The fraction of sp³-hybridized carbons (Fsp3) is 0.395. The highest BCUT2D eigenvalue weighted by molar-refractivity contribution is 5.85. The van der Waals surface area contributed by atoms with Gasteiger partial charge in [-0.2, -0.15) is 0 Å². The second-order valence-corrected chi connectivity index (χ2v) is 11.1. The fourth-order valence-electron chi connectivity index (χ4n) is 4.65. The Morgan fingerprint density at radius 2 is 1.40 bits per heavy atom. The van der Waals surface area contributed by atoms with Gasteiger partial charge in [0.15, 0.2) is 5.60 Å². The Balaban J connectivity index is 0.000000230. The monoisotopic (exact) mass is 568 g/mol. The summed E-state index contributed by atoms with van der Waals surface area (Å²) in [5.74, 6) is 0.405. The van der Waals surface area contributed by atoms with Crippen molar-refractivity contribution < 1.29 is 19.4 Å². The minimum Gasteiger partial charge on any atom is -0.494 e. The van der Waals surface area contributed by atoms with Crippen LogP contribution in [-0.2, 0) is 9.53 Å². The molecule has 0 bridgehead atoms. The van der Waals surface area contributed by atoms with Crippen LogP contribution in [0.25, 0.3) is 16.7 Å². The first-order valence-corrected chi connectivity index (χ1v) is 15.6. The lowest BCUT2D eigenvalue weighted by Gasteiger charge is -2.29. The number of carboxylic acid groups (broad SMARTS) is 1. The molecule has 0 fully saturated rings. The van der Waals surface area contributed by atoms with E-state index >= 15 is 0 Å². The standard InChI is InChI=1S/C20H26O.C18H22O3/c1-2-3-4-5-6-10-17-21-20-15-13-19(14-16-20)18-11-8-7-9-12-18;1-3-14(2)13-21-18(17(19)20)11-9-16(10-12-18)15-7-5-4-6-8-15/h7-9,11-16H,2-6,10,17H2,1H3;4-11,14H,3,12-13H2,1-2H3,(H,19,20). The molecule has 0 amide bonds. The number of hydrogen-bond donors (Lipinski definition) is 1. The number of aliphatic carboxylic acids is 1. The molecule has 3 aromatic carbocycles. The minimum absolute atomic E-state index is 0.356. The number of carbonyl (C=O) groups is 1. The second-order valence-electron chi connectivity index (χ2n) is 11.1. The molecule has 0 heterocycles. The normalized spacial score (nSPS) is 16.6. The van der Waals surface area contributed by atoms with E-state index in [1.807, 2.05) is 48.6 Å². The summed E-state index contributed by atoms with van der Waals surface area (Å²) in [4.78, 5) is 11.6. The van der Waals surface area contributed by atoms with Crippen LogP contribution >= 0.6 is 0 Å². The molecule has 0 aliphatic heterocycles. The molecule has 0 saturated carbocycles. The summed E-state index contributed by atoms with van der Waals surface area (Å²) >= 11 is 0. The highest BCUT2D eigenvalue weighted by Crippen LogP contribution is 2.30. The van der Waals surface area contributed by atoms with Crippen molar-refractivity contribution in [1.29, 1.82) is 0 Å². The van der Waals surface area contributed by atoms with E-state index in [0.29, 0.717) is 18.9 Å². The van der Waals surface area contributed by atoms with Gasteiger partial charge >= 0.3 is 5.97 Å². The van der Waals surface area contributed by atoms with Crippen molar-refractivity contribution in [3.63, 3.8) is 0 Å². The zero-order valence-electron chi connectivity index (χ0n) is 25.6. The van der Waals surface area contributed by atoms with Crippen LogP contribution in [0, 0.1) is 5.92 Å². The van der Waals surface area contributed by atoms with E-state index in [-0.39, 0.29) is 0 Å². The Morgan fingerprint density at radius 1 is 0.810 bits per heavy atom. The highest BCUT2D eigenvalue weighted by Gasteiger charge is 2.38. The maximum absolute atomic E-state index is 11.6. The van der Waals surface area contributed by atoms with Gasteiger partial charge in [-0.15, -0.1) is 0 Å². The first-order valence-electron chi connectivity index (χ1n) is 15.6. The molecular weight excluding hydrogens is 520 g/mol. The molecule has 4 nitrogen and oxygen atoms in total. The lowest BCUT2D eigenvalue weighted by molar-refractivity contribution is -0.160. The second kappa shape index (κ2) is 18.0. The molecule has 0 aromatic heterocycles. The van der Waals surface area contributed by atoms with Gasteiger partial charge in [0, 0.05) is 6.42 Å². The highest BCUT2D eigenvalue weighted by atomic mass is 16.5. The summed E-state index contributed by atoms with van der Waals surface area (Å²) in [7, 11) is 0. The Hall–Kier alpha value is -3.63. The quantitative estimate of drug-likeness (QED) is 0.185. The maximum Gasteiger partial charge on any atom is 0.340 e. The average Bonchev–Trinajstić information content (AvgIpc) is 3.05. The van der Waals surface area contributed by atoms with Crippen LogP contribution in [0.15, 0.2) is 103 Å². The van der Waals surface area contributed by atoms with Crippen LogP contribution < -0.4 is 4.74 Å². The molecule has 4 heteroatoms. The van der Waals surface area contributed by atoms with Gasteiger partial charge in [-0.3, -0.25) is 0 Å². The molecule has 0 saturated heterocycles. The summed E-state index contributed by atoms with van der Waals surface area (Å²) in [5, 5.41) is 9.53. The predicted octanol–water partition coefficient (Wildman–Crippen LogP) is 10.0. The Bertz CT molecular complexity index is 1230. The largest absolute Gasteiger partial charge is 0.494 e. The van der Waals surface area contributed by atoms with Crippen molar-refractivity contribution in [2.75, 3.05) is 13.2 Å². The van der Waals surface area contributed by atoms with Crippen molar-refractivity contribution in [3.8, 4) is 16.9 Å². The van der Waals surface area contributed by atoms with Crippen molar-refractivity contribution >= 4 is 11.5 Å². The molecule has 1 aliphatic rings. The molecule has 3 aromatic rings. The van der Waals surface area contributed by atoms with Gasteiger partial charge in [0.25, 0.3) is 0 Å². The molecule has 1 aliphatic carbocycles. The number of rotatable bonds is 15. The minimum atomic E-state index is -1.22. The van der Waals surface area contributed by atoms with E-state index in [1.54, 1.807) is 6.08 Å². The van der Waals surface area contributed by atoms with Crippen LogP contribution in [0.3, 0.4) is 0 Å². The molecule has 4 rings (SSSR count). The van der Waals surface area contributed by atoms with E-state index in [9.17, 15) is 9.90 Å². The van der Waals surface area contributed by atoms with Crippen LogP contribution in [0.2, 0.25) is 0 Å². The van der Waals surface area contributed by atoms with Gasteiger partial charge in [0.05, 0.1) is 13.2 Å². The van der Waals surface area contributed by atoms with Crippen LogP contribution in [-0.4, -0.2) is 29.9 Å². The maximum atomic E-state index is 11.6. The van der Waals surface area contributed by atoms with Crippen molar-refractivity contribution in [1.82, 2.24) is 0 Å². The summed E-state index contributed by atoms with van der Waals surface area (Å²) in [6.07, 6.45) is 14.6. The number of unbranched alkanes of at least 4 members (excludes halogenated alkanes) is 5.